The maximum Gasteiger partial charge on any atom is 0.182 e. The van der Waals surface area contributed by atoms with Crippen molar-refractivity contribution in [3.8, 4) is 0 Å². The number of hydrogen-bond donors (Lipinski definition) is 2. The molecule has 18 heavy (non-hydrogen) atoms. The van der Waals surface area contributed by atoms with Gasteiger partial charge in [-0.3, -0.25) is 10.4 Å². The first kappa shape index (κ1) is 10.3. The molecule has 0 aliphatic heterocycles. The van der Waals surface area contributed by atoms with E-state index in [0.717, 1.165) is 11.2 Å². The lowest BCUT2D eigenvalue weighted by molar-refractivity contribution is 1.16. The third kappa shape index (κ3) is 2.01. The SMILES string of the molecule is C(=N\Nc1ncnc2nc[nH]c12)/c1ccccn1. The molecule has 0 aliphatic carbocycles. The summed E-state index contributed by atoms with van der Waals surface area (Å²) in [5.41, 5.74) is 4.91. The monoisotopic (exact) mass is 239 g/mol. The lowest BCUT2D eigenvalue weighted by atomic mass is 10.4. The van der Waals surface area contributed by atoms with E-state index in [0.29, 0.717) is 11.5 Å². The van der Waals surface area contributed by atoms with E-state index < -0.39 is 0 Å². The number of rotatable bonds is 3. The van der Waals surface area contributed by atoms with E-state index in [1.807, 2.05) is 18.2 Å². The zero-order chi connectivity index (χ0) is 12.2. The average molecular weight is 239 g/mol. The van der Waals surface area contributed by atoms with Crippen LogP contribution in [0.2, 0.25) is 0 Å². The highest BCUT2D eigenvalue weighted by Crippen LogP contribution is 2.13. The predicted molar refractivity (Wildman–Crippen MR) is 67.1 cm³/mol. The Bertz CT molecular complexity index is 674. The number of pyridine rings is 1. The first-order chi connectivity index (χ1) is 8.93. The fourth-order valence-corrected chi connectivity index (χ4v) is 1.46. The molecular formula is C11H9N7. The summed E-state index contributed by atoms with van der Waals surface area (Å²) in [5, 5.41) is 4.07. The minimum absolute atomic E-state index is 0.574. The second-order valence-electron chi connectivity index (χ2n) is 3.45. The van der Waals surface area contributed by atoms with Gasteiger partial charge in [-0.2, -0.15) is 5.10 Å². The van der Waals surface area contributed by atoms with Gasteiger partial charge in [0.15, 0.2) is 11.5 Å². The highest BCUT2D eigenvalue weighted by molar-refractivity contribution is 5.83. The summed E-state index contributed by atoms with van der Waals surface area (Å²) in [4.78, 5) is 19.2. The van der Waals surface area contributed by atoms with Crippen LogP contribution < -0.4 is 5.43 Å². The van der Waals surface area contributed by atoms with Crippen LogP contribution >= 0.6 is 0 Å². The van der Waals surface area contributed by atoms with Crippen molar-refractivity contribution in [1.82, 2.24) is 24.9 Å². The highest BCUT2D eigenvalue weighted by Gasteiger charge is 2.03. The van der Waals surface area contributed by atoms with Crippen LogP contribution in [0.4, 0.5) is 5.82 Å². The van der Waals surface area contributed by atoms with Gasteiger partial charge in [-0.05, 0) is 12.1 Å². The van der Waals surface area contributed by atoms with Crippen LogP contribution in [-0.4, -0.2) is 31.1 Å². The first-order valence-corrected chi connectivity index (χ1v) is 5.28. The van der Waals surface area contributed by atoms with Gasteiger partial charge >= 0.3 is 0 Å². The number of hydrogen-bond acceptors (Lipinski definition) is 6. The molecule has 88 valence electrons. The van der Waals surface area contributed by atoms with E-state index in [1.165, 1.54) is 6.33 Å². The molecule has 0 unspecified atom stereocenters. The molecule has 3 heterocycles. The van der Waals surface area contributed by atoms with Crippen LogP contribution in [-0.2, 0) is 0 Å². The van der Waals surface area contributed by atoms with Crippen molar-refractivity contribution in [3.05, 3.63) is 42.7 Å². The maximum absolute atomic E-state index is 4.12. The minimum Gasteiger partial charge on any atom is -0.340 e. The molecule has 2 N–H and O–H groups in total. The van der Waals surface area contributed by atoms with Crippen molar-refractivity contribution < 1.29 is 0 Å². The van der Waals surface area contributed by atoms with Gasteiger partial charge in [0.2, 0.25) is 0 Å². The van der Waals surface area contributed by atoms with E-state index in [2.05, 4.69) is 35.4 Å². The molecule has 0 amide bonds. The molecule has 0 saturated carbocycles. The van der Waals surface area contributed by atoms with E-state index >= 15 is 0 Å². The first-order valence-electron chi connectivity index (χ1n) is 5.28. The summed E-state index contributed by atoms with van der Waals surface area (Å²) in [5.74, 6) is 0.574. The van der Waals surface area contributed by atoms with E-state index in [4.69, 9.17) is 0 Å². The predicted octanol–water partition coefficient (Wildman–Crippen LogP) is 1.19. The molecule has 0 atom stereocenters. The molecule has 0 spiro atoms. The Hall–Kier alpha value is -2.83. The summed E-state index contributed by atoms with van der Waals surface area (Å²) in [6.45, 7) is 0. The molecule has 0 aromatic carbocycles. The Morgan fingerprint density at radius 3 is 3.06 bits per heavy atom. The number of nitrogens with zero attached hydrogens (tertiary/aromatic N) is 5. The number of fused-ring (bicyclic) bond motifs is 1. The number of nitrogens with one attached hydrogen (secondary N) is 2. The summed E-state index contributed by atoms with van der Waals surface area (Å²) < 4.78 is 0. The van der Waals surface area contributed by atoms with Crippen LogP contribution in [0.25, 0.3) is 11.2 Å². The van der Waals surface area contributed by atoms with Crippen LogP contribution in [0.1, 0.15) is 5.69 Å². The second kappa shape index (κ2) is 4.58. The summed E-state index contributed by atoms with van der Waals surface area (Å²) >= 11 is 0. The van der Waals surface area contributed by atoms with Gasteiger partial charge in [-0.1, -0.05) is 6.07 Å². The number of H-pyrrole nitrogens is 1. The Balaban J connectivity index is 1.81. The quantitative estimate of drug-likeness (QED) is 0.529. The van der Waals surface area contributed by atoms with Gasteiger partial charge in [0.1, 0.15) is 11.8 Å². The van der Waals surface area contributed by atoms with Gasteiger partial charge in [0.25, 0.3) is 0 Å². The lowest BCUT2D eigenvalue weighted by Crippen LogP contribution is -1.96. The summed E-state index contributed by atoms with van der Waals surface area (Å²) in [6.07, 6.45) is 6.32. The highest BCUT2D eigenvalue weighted by atomic mass is 15.3. The standard InChI is InChI=1S/C11H9N7/c1-2-4-12-8(3-1)5-17-18-11-9-10(14-6-13-9)15-7-16-11/h1-7H,(H2,13,14,15,16,18)/b17-5+. The molecular weight excluding hydrogens is 230 g/mol. The maximum atomic E-state index is 4.12. The van der Waals surface area contributed by atoms with Crippen molar-refractivity contribution >= 4 is 23.2 Å². The van der Waals surface area contributed by atoms with Crippen molar-refractivity contribution in [2.75, 3.05) is 5.43 Å². The number of aromatic nitrogens is 5. The van der Waals surface area contributed by atoms with Crippen LogP contribution in [0.3, 0.4) is 0 Å². The van der Waals surface area contributed by atoms with E-state index in [9.17, 15) is 0 Å². The number of imidazole rings is 1. The molecule has 3 aromatic heterocycles. The molecule has 0 bridgehead atoms. The molecule has 7 nitrogen and oxygen atoms in total. The number of anilines is 1. The third-order valence-electron chi connectivity index (χ3n) is 2.28. The molecule has 0 fully saturated rings. The van der Waals surface area contributed by atoms with Crippen LogP contribution in [0, 0.1) is 0 Å². The minimum atomic E-state index is 0.574. The topological polar surface area (TPSA) is 91.7 Å². The van der Waals surface area contributed by atoms with E-state index in [-0.39, 0.29) is 0 Å². The van der Waals surface area contributed by atoms with Gasteiger partial charge in [-0.15, -0.1) is 0 Å². The second-order valence-corrected chi connectivity index (χ2v) is 3.45. The molecule has 0 saturated heterocycles. The summed E-state index contributed by atoms with van der Waals surface area (Å²) in [6, 6.07) is 5.60. The van der Waals surface area contributed by atoms with Crippen molar-refractivity contribution in [3.63, 3.8) is 0 Å². The normalized spacial score (nSPS) is 11.1. The van der Waals surface area contributed by atoms with Gasteiger partial charge < -0.3 is 4.98 Å². The fourth-order valence-electron chi connectivity index (χ4n) is 1.46. The van der Waals surface area contributed by atoms with Crippen molar-refractivity contribution in [2.45, 2.75) is 0 Å². The smallest absolute Gasteiger partial charge is 0.182 e. The fraction of sp³-hybridized carbons (Fsp3) is 0. The van der Waals surface area contributed by atoms with Crippen molar-refractivity contribution in [1.29, 1.82) is 0 Å². The van der Waals surface area contributed by atoms with Crippen LogP contribution in [0.5, 0.6) is 0 Å². The molecule has 3 aromatic rings. The molecule has 3 rings (SSSR count). The van der Waals surface area contributed by atoms with Gasteiger partial charge in [-0.25, -0.2) is 15.0 Å². The molecule has 0 aliphatic rings. The van der Waals surface area contributed by atoms with Gasteiger partial charge in [0.05, 0.1) is 18.2 Å². The Morgan fingerprint density at radius 1 is 1.17 bits per heavy atom. The number of hydrazone groups is 1. The van der Waals surface area contributed by atoms with Gasteiger partial charge in [0, 0.05) is 6.20 Å². The third-order valence-corrected chi connectivity index (χ3v) is 2.28. The average Bonchev–Trinajstić information content (AvgIpc) is 2.89. The largest absolute Gasteiger partial charge is 0.340 e. The van der Waals surface area contributed by atoms with Crippen molar-refractivity contribution in [2.24, 2.45) is 5.10 Å². The Labute approximate surface area is 102 Å². The van der Waals surface area contributed by atoms with E-state index in [1.54, 1.807) is 18.7 Å². The Morgan fingerprint density at radius 2 is 2.17 bits per heavy atom. The van der Waals surface area contributed by atoms with Crippen LogP contribution in [0.15, 0.2) is 42.2 Å². The zero-order valence-corrected chi connectivity index (χ0v) is 9.28. The molecule has 7 heteroatoms. The molecule has 0 radical (unpaired) electrons. The summed E-state index contributed by atoms with van der Waals surface area (Å²) in [7, 11) is 0. The number of aromatic amines is 1. The Kier molecular flexibility index (Phi) is 2.63. The lowest BCUT2D eigenvalue weighted by Gasteiger charge is -1.98. The zero-order valence-electron chi connectivity index (χ0n) is 9.28.